The summed E-state index contributed by atoms with van der Waals surface area (Å²) in [4.78, 5) is 2.37. The molecule has 1 atom stereocenters. The van der Waals surface area contributed by atoms with Gasteiger partial charge in [-0.1, -0.05) is 51.9 Å². The van der Waals surface area contributed by atoms with Crippen LogP contribution in [0.4, 0.5) is 0 Å². The molecule has 0 spiro atoms. The fraction of sp³-hybridized carbons (Fsp3) is 0.571. The van der Waals surface area contributed by atoms with Crippen LogP contribution in [0.15, 0.2) is 30.3 Å². The van der Waals surface area contributed by atoms with Gasteiger partial charge in [-0.3, -0.25) is 4.90 Å². The highest BCUT2D eigenvalue weighted by Gasteiger charge is 2.08. The Bertz CT molecular complexity index is 306. The zero-order valence-electron chi connectivity index (χ0n) is 11.6. The van der Waals surface area contributed by atoms with Gasteiger partial charge in [0.15, 0.2) is 0 Å². The number of benzene rings is 1. The van der Waals surface area contributed by atoms with Gasteiger partial charge < -0.3 is 5.32 Å². The molecule has 1 aromatic carbocycles. The molecule has 1 N–H and O–H groups in total. The van der Waals surface area contributed by atoms with Crippen molar-refractivity contribution in [2.45, 2.75) is 19.4 Å². The topological polar surface area (TPSA) is 15.3 Å². The van der Waals surface area contributed by atoms with E-state index in [1.807, 2.05) is 21.6 Å². The van der Waals surface area contributed by atoms with Crippen molar-refractivity contribution in [2.75, 3.05) is 32.3 Å². The Kier molecular flexibility index (Phi) is 8.59. The van der Waals surface area contributed by atoms with Gasteiger partial charge in [-0.25, -0.2) is 0 Å². The van der Waals surface area contributed by atoms with E-state index in [9.17, 15) is 0 Å². The minimum Gasteiger partial charge on any atom is -0.303 e. The molecule has 0 saturated heterocycles. The molecule has 0 bridgehead atoms. The molecule has 1 aromatic rings. The molecule has 0 aromatic heterocycles. The Labute approximate surface area is 119 Å². The number of nitrogens with zero attached hydrogens (tertiary/aromatic N) is 1. The van der Waals surface area contributed by atoms with Crippen molar-refractivity contribution < 1.29 is 0 Å². The molecule has 0 aliphatic rings. The Balaban J connectivity index is 2.18. The average Bonchev–Trinajstić information content (AvgIpc) is 2.39. The van der Waals surface area contributed by atoms with E-state index in [1.165, 1.54) is 11.3 Å². The molecule has 0 aliphatic carbocycles. The normalized spacial score (nSPS) is 12.9. The van der Waals surface area contributed by atoms with E-state index in [1.54, 1.807) is 0 Å². The lowest BCUT2D eigenvalue weighted by Crippen LogP contribution is -2.39. The minimum absolute atomic E-state index is 0.563. The molecule has 0 heterocycles. The fourth-order valence-corrected chi connectivity index (χ4v) is 2.86. The first-order valence-electron chi connectivity index (χ1n) is 6.34. The van der Waals surface area contributed by atoms with Gasteiger partial charge in [0.2, 0.25) is 0 Å². The van der Waals surface area contributed by atoms with Crippen molar-refractivity contribution >= 4 is 21.6 Å². The summed E-state index contributed by atoms with van der Waals surface area (Å²) in [6.45, 7) is 4.32. The summed E-state index contributed by atoms with van der Waals surface area (Å²) >= 11 is 0. The molecule has 102 valence electrons. The largest absolute Gasteiger partial charge is 0.303 e. The van der Waals surface area contributed by atoms with Crippen LogP contribution < -0.4 is 5.32 Å². The fourth-order valence-electron chi connectivity index (χ4n) is 1.72. The quantitative estimate of drug-likeness (QED) is 0.425. The van der Waals surface area contributed by atoms with Crippen LogP contribution >= 0.6 is 21.6 Å². The lowest BCUT2D eigenvalue weighted by atomic mass is 10.1. The van der Waals surface area contributed by atoms with Gasteiger partial charge in [0, 0.05) is 25.0 Å². The standard InChI is InChI=1S/C14H24N2S2/c1-13(11-14-7-5-4-6-8-14)16(2)12-15-9-10-18-17-3/h4-8,13,15H,9-12H2,1-3H3. The predicted molar refractivity (Wildman–Crippen MR) is 86.2 cm³/mol. The van der Waals surface area contributed by atoms with Crippen LogP contribution in [0.2, 0.25) is 0 Å². The van der Waals surface area contributed by atoms with Crippen LogP contribution in [0, 0.1) is 0 Å². The van der Waals surface area contributed by atoms with Crippen LogP contribution in [-0.4, -0.2) is 43.2 Å². The number of hydrogen-bond donors (Lipinski definition) is 1. The van der Waals surface area contributed by atoms with Crippen molar-refractivity contribution in [1.29, 1.82) is 0 Å². The van der Waals surface area contributed by atoms with Crippen molar-refractivity contribution in [3.8, 4) is 0 Å². The van der Waals surface area contributed by atoms with Gasteiger partial charge in [-0.2, -0.15) is 0 Å². The monoisotopic (exact) mass is 284 g/mol. The zero-order chi connectivity index (χ0) is 13.2. The minimum atomic E-state index is 0.563. The Morgan fingerprint density at radius 2 is 2.00 bits per heavy atom. The third-order valence-electron chi connectivity index (χ3n) is 2.97. The highest BCUT2D eigenvalue weighted by Crippen LogP contribution is 2.14. The van der Waals surface area contributed by atoms with Gasteiger partial charge in [0.05, 0.1) is 0 Å². The average molecular weight is 284 g/mol. The molecule has 0 radical (unpaired) electrons. The van der Waals surface area contributed by atoms with Crippen LogP contribution in [0.25, 0.3) is 0 Å². The summed E-state index contributed by atoms with van der Waals surface area (Å²) in [6.07, 6.45) is 3.23. The third kappa shape index (κ3) is 6.69. The summed E-state index contributed by atoms with van der Waals surface area (Å²) in [5, 5.41) is 3.48. The van der Waals surface area contributed by atoms with E-state index in [4.69, 9.17) is 0 Å². The Morgan fingerprint density at radius 3 is 2.67 bits per heavy atom. The van der Waals surface area contributed by atoms with Crippen molar-refractivity contribution in [1.82, 2.24) is 10.2 Å². The molecule has 0 amide bonds. The molecule has 1 unspecified atom stereocenters. The molecule has 18 heavy (non-hydrogen) atoms. The third-order valence-corrected chi connectivity index (χ3v) is 4.78. The number of nitrogens with one attached hydrogen (secondary N) is 1. The van der Waals surface area contributed by atoms with Gasteiger partial charge in [-0.05, 0) is 32.2 Å². The Morgan fingerprint density at radius 1 is 1.28 bits per heavy atom. The van der Waals surface area contributed by atoms with E-state index >= 15 is 0 Å². The first kappa shape index (κ1) is 15.9. The summed E-state index contributed by atoms with van der Waals surface area (Å²) in [6, 6.07) is 11.3. The Hall–Kier alpha value is -0.160. The molecule has 0 saturated carbocycles. The molecular formula is C14H24N2S2. The maximum absolute atomic E-state index is 3.48. The second-order valence-corrected chi connectivity index (χ2v) is 7.13. The van der Waals surface area contributed by atoms with Gasteiger partial charge in [0.1, 0.15) is 0 Å². The van der Waals surface area contributed by atoms with Crippen LogP contribution in [0.5, 0.6) is 0 Å². The molecular weight excluding hydrogens is 260 g/mol. The summed E-state index contributed by atoms with van der Waals surface area (Å²) in [5.74, 6) is 1.17. The second-order valence-electron chi connectivity index (χ2n) is 4.44. The van der Waals surface area contributed by atoms with Crippen molar-refractivity contribution in [3.63, 3.8) is 0 Å². The molecule has 2 nitrogen and oxygen atoms in total. The van der Waals surface area contributed by atoms with E-state index in [2.05, 4.69) is 60.8 Å². The molecule has 0 aliphatic heterocycles. The van der Waals surface area contributed by atoms with E-state index in [-0.39, 0.29) is 0 Å². The number of hydrogen-bond acceptors (Lipinski definition) is 4. The highest BCUT2D eigenvalue weighted by molar-refractivity contribution is 8.76. The van der Waals surface area contributed by atoms with Crippen LogP contribution in [0.1, 0.15) is 12.5 Å². The van der Waals surface area contributed by atoms with Crippen molar-refractivity contribution in [3.05, 3.63) is 35.9 Å². The van der Waals surface area contributed by atoms with E-state index < -0.39 is 0 Å². The second kappa shape index (κ2) is 9.73. The summed E-state index contributed by atoms with van der Waals surface area (Å²) in [5.41, 5.74) is 1.41. The van der Waals surface area contributed by atoms with Gasteiger partial charge in [-0.15, -0.1) is 0 Å². The van der Waals surface area contributed by atoms with Crippen LogP contribution in [-0.2, 0) is 6.42 Å². The van der Waals surface area contributed by atoms with Crippen molar-refractivity contribution in [2.24, 2.45) is 0 Å². The molecule has 1 rings (SSSR count). The van der Waals surface area contributed by atoms with E-state index in [0.717, 1.165) is 19.6 Å². The predicted octanol–water partition coefficient (Wildman–Crippen LogP) is 3.11. The summed E-state index contributed by atoms with van der Waals surface area (Å²) in [7, 11) is 5.92. The number of likely N-dealkylation sites (N-methyl/N-ethyl adjacent to an activating group) is 1. The number of rotatable bonds is 9. The van der Waals surface area contributed by atoms with E-state index in [0.29, 0.717) is 6.04 Å². The zero-order valence-corrected chi connectivity index (χ0v) is 13.2. The SMILES string of the molecule is CSSCCNCN(C)C(C)Cc1ccccc1. The smallest absolute Gasteiger partial charge is 0.0480 e. The van der Waals surface area contributed by atoms with Crippen LogP contribution in [0.3, 0.4) is 0 Å². The van der Waals surface area contributed by atoms with Gasteiger partial charge >= 0.3 is 0 Å². The summed E-state index contributed by atoms with van der Waals surface area (Å²) < 4.78 is 0. The maximum atomic E-state index is 3.48. The van der Waals surface area contributed by atoms with Gasteiger partial charge in [0.25, 0.3) is 0 Å². The molecule has 4 heteroatoms. The first-order valence-corrected chi connectivity index (χ1v) is 9.07. The molecule has 0 fully saturated rings. The lowest BCUT2D eigenvalue weighted by Gasteiger charge is -2.25. The maximum Gasteiger partial charge on any atom is 0.0480 e. The lowest BCUT2D eigenvalue weighted by molar-refractivity contribution is 0.239. The highest BCUT2D eigenvalue weighted by atomic mass is 33.1. The first-order chi connectivity index (χ1) is 8.74.